The van der Waals surface area contributed by atoms with Crippen LogP contribution in [-0.4, -0.2) is 23.4 Å². The Morgan fingerprint density at radius 2 is 2.00 bits per heavy atom. The molecule has 0 spiro atoms. The molecule has 0 heterocycles. The van der Waals surface area contributed by atoms with Crippen LogP contribution < -0.4 is 0 Å². The summed E-state index contributed by atoms with van der Waals surface area (Å²) in [4.78, 5) is 15.8. The SMILES string of the molecule is CCCON=C(CCC(C)C(=O)O)C(C)C. The molecular weight excluding hydrogens is 206 g/mol. The van der Waals surface area contributed by atoms with Crippen molar-refractivity contribution >= 4 is 11.7 Å². The van der Waals surface area contributed by atoms with E-state index in [1.165, 1.54) is 0 Å². The first kappa shape index (κ1) is 14.9. The predicted octanol–water partition coefficient (Wildman–Crippen LogP) is 2.93. The minimum Gasteiger partial charge on any atom is -0.481 e. The van der Waals surface area contributed by atoms with Crippen LogP contribution in [0.25, 0.3) is 0 Å². The van der Waals surface area contributed by atoms with E-state index in [9.17, 15) is 4.79 Å². The zero-order valence-electron chi connectivity index (χ0n) is 10.7. The lowest BCUT2D eigenvalue weighted by Gasteiger charge is -2.11. The van der Waals surface area contributed by atoms with E-state index in [1.807, 2.05) is 20.8 Å². The number of hydrogen-bond acceptors (Lipinski definition) is 3. The molecule has 0 bridgehead atoms. The monoisotopic (exact) mass is 229 g/mol. The molecule has 0 aliphatic rings. The number of rotatable bonds is 8. The fourth-order valence-electron chi connectivity index (χ4n) is 1.15. The number of carbonyl (C=O) groups is 1. The second-order valence-corrected chi connectivity index (χ2v) is 4.35. The van der Waals surface area contributed by atoms with E-state index in [-0.39, 0.29) is 5.92 Å². The molecule has 0 saturated heterocycles. The second kappa shape index (κ2) is 8.13. The first-order chi connectivity index (χ1) is 7.49. The highest BCUT2D eigenvalue weighted by atomic mass is 16.6. The van der Waals surface area contributed by atoms with Crippen molar-refractivity contribution in [2.45, 2.75) is 47.0 Å². The van der Waals surface area contributed by atoms with Crippen LogP contribution in [0, 0.1) is 11.8 Å². The van der Waals surface area contributed by atoms with Gasteiger partial charge in [0.15, 0.2) is 0 Å². The van der Waals surface area contributed by atoms with Crippen LogP contribution in [0.15, 0.2) is 5.16 Å². The van der Waals surface area contributed by atoms with Crippen LogP contribution in [0.3, 0.4) is 0 Å². The van der Waals surface area contributed by atoms with Crippen LogP contribution in [0.5, 0.6) is 0 Å². The molecule has 1 N–H and O–H groups in total. The summed E-state index contributed by atoms with van der Waals surface area (Å²) in [5.41, 5.74) is 0.946. The van der Waals surface area contributed by atoms with Gasteiger partial charge in [-0.05, 0) is 25.2 Å². The smallest absolute Gasteiger partial charge is 0.306 e. The van der Waals surface area contributed by atoms with Crippen molar-refractivity contribution < 1.29 is 14.7 Å². The number of carboxylic acid groups (broad SMARTS) is 1. The normalized spacial score (nSPS) is 13.9. The van der Waals surface area contributed by atoms with Crippen LogP contribution in [0.4, 0.5) is 0 Å². The summed E-state index contributed by atoms with van der Waals surface area (Å²) < 4.78 is 0. The van der Waals surface area contributed by atoms with E-state index >= 15 is 0 Å². The Balaban J connectivity index is 4.13. The molecule has 1 atom stereocenters. The average Bonchev–Trinajstić information content (AvgIpc) is 2.21. The van der Waals surface area contributed by atoms with Gasteiger partial charge in [0.25, 0.3) is 0 Å². The van der Waals surface area contributed by atoms with Crippen molar-refractivity contribution in [2.75, 3.05) is 6.61 Å². The number of hydrogen-bond donors (Lipinski definition) is 1. The van der Waals surface area contributed by atoms with E-state index in [2.05, 4.69) is 5.16 Å². The molecule has 0 radical (unpaired) electrons. The van der Waals surface area contributed by atoms with Gasteiger partial charge in [-0.3, -0.25) is 4.79 Å². The molecule has 0 aliphatic heterocycles. The molecule has 0 aliphatic carbocycles. The third-order valence-electron chi connectivity index (χ3n) is 2.40. The molecule has 0 rings (SSSR count). The van der Waals surface area contributed by atoms with Gasteiger partial charge in [0.2, 0.25) is 0 Å². The van der Waals surface area contributed by atoms with Gasteiger partial charge in [0.05, 0.1) is 11.6 Å². The summed E-state index contributed by atoms with van der Waals surface area (Å²) in [7, 11) is 0. The highest BCUT2D eigenvalue weighted by molar-refractivity contribution is 5.86. The Kier molecular flexibility index (Phi) is 7.60. The van der Waals surface area contributed by atoms with Crippen LogP contribution in [-0.2, 0) is 9.63 Å². The first-order valence-electron chi connectivity index (χ1n) is 5.90. The van der Waals surface area contributed by atoms with Gasteiger partial charge in [-0.1, -0.05) is 32.9 Å². The van der Waals surface area contributed by atoms with Gasteiger partial charge < -0.3 is 9.94 Å². The topological polar surface area (TPSA) is 58.9 Å². The zero-order chi connectivity index (χ0) is 12.6. The van der Waals surface area contributed by atoms with Gasteiger partial charge >= 0.3 is 5.97 Å². The molecule has 94 valence electrons. The maximum Gasteiger partial charge on any atom is 0.306 e. The predicted molar refractivity (Wildman–Crippen MR) is 64.5 cm³/mol. The van der Waals surface area contributed by atoms with E-state index in [0.717, 1.165) is 12.1 Å². The molecule has 4 nitrogen and oxygen atoms in total. The Bertz CT molecular complexity index is 236. The van der Waals surface area contributed by atoms with Crippen molar-refractivity contribution in [1.29, 1.82) is 0 Å². The van der Waals surface area contributed by atoms with Gasteiger partial charge in [-0.15, -0.1) is 0 Å². The molecule has 0 fully saturated rings. The van der Waals surface area contributed by atoms with Crippen molar-refractivity contribution in [2.24, 2.45) is 17.0 Å². The first-order valence-corrected chi connectivity index (χ1v) is 5.90. The third kappa shape index (κ3) is 6.43. The lowest BCUT2D eigenvalue weighted by molar-refractivity contribution is -0.141. The molecule has 0 amide bonds. The fraction of sp³-hybridized carbons (Fsp3) is 0.833. The quantitative estimate of drug-likeness (QED) is 0.395. The van der Waals surface area contributed by atoms with Gasteiger partial charge in [0.1, 0.15) is 6.61 Å². The van der Waals surface area contributed by atoms with Crippen molar-refractivity contribution in [1.82, 2.24) is 0 Å². The third-order valence-corrected chi connectivity index (χ3v) is 2.40. The minimum atomic E-state index is -0.752. The molecule has 0 aromatic heterocycles. The molecule has 0 aromatic rings. The van der Waals surface area contributed by atoms with Gasteiger partial charge in [-0.2, -0.15) is 0 Å². The molecule has 0 aromatic carbocycles. The van der Waals surface area contributed by atoms with E-state index in [1.54, 1.807) is 6.92 Å². The molecule has 0 saturated carbocycles. The summed E-state index contributed by atoms with van der Waals surface area (Å²) in [5, 5.41) is 12.8. The highest BCUT2D eigenvalue weighted by Gasteiger charge is 2.14. The standard InChI is InChI=1S/C12H23NO3/c1-5-8-16-13-11(9(2)3)7-6-10(4)12(14)15/h9-10H,5-8H2,1-4H3,(H,14,15). The van der Waals surface area contributed by atoms with Gasteiger partial charge in [0, 0.05) is 0 Å². The second-order valence-electron chi connectivity index (χ2n) is 4.35. The summed E-state index contributed by atoms with van der Waals surface area (Å²) in [5.74, 6) is -0.773. The van der Waals surface area contributed by atoms with E-state index in [4.69, 9.17) is 9.94 Å². The molecular formula is C12H23NO3. The number of aliphatic carboxylic acids is 1. The van der Waals surface area contributed by atoms with Gasteiger partial charge in [-0.25, -0.2) is 0 Å². The minimum absolute atomic E-state index is 0.304. The van der Waals surface area contributed by atoms with Crippen molar-refractivity contribution in [3.8, 4) is 0 Å². The Morgan fingerprint density at radius 3 is 2.44 bits per heavy atom. The zero-order valence-corrected chi connectivity index (χ0v) is 10.7. The molecule has 16 heavy (non-hydrogen) atoms. The Hall–Kier alpha value is -1.06. The lowest BCUT2D eigenvalue weighted by Crippen LogP contribution is -2.14. The fourth-order valence-corrected chi connectivity index (χ4v) is 1.15. The molecule has 1 unspecified atom stereocenters. The molecule has 4 heteroatoms. The summed E-state index contributed by atoms with van der Waals surface area (Å²) in [6, 6.07) is 0. The van der Waals surface area contributed by atoms with Crippen LogP contribution >= 0.6 is 0 Å². The van der Waals surface area contributed by atoms with E-state index in [0.29, 0.717) is 25.4 Å². The number of oxime groups is 1. The van der Waals surface area contributed by atoms with E-state index < -0.39 is 5.97 Å². The maximum atomic E-state index is 10.7. The summed E-state index contributed by atoms with van der Waals surface area (Å²) in [6.45, 7) is 8.44. The average molecular weight is 229 g/mol. The van der Waals surface area contributed by atoms with Crippen LogP contribution in [0.1, 0.15) is 47.0 Å². The lowest BCUT2D eigenvalue weighted by atomic mass is 9.98. The van der Waals surface area contributed by atoms with Crippen molar-refractivity contribution in [3.05, 3.63) is 0 Å². The summed E-state index contributed by atoms with van der Waals surface area (Å²) in [6.07, 6.45) is 2.23. The van der Waals surface area contributed by atoms with Crippen molar-refractivity contribution in [3.63, 3.8) is 0 Å². The maximum absolute atomic E-state index is 10.7. The Morgan fingerprint density at radius 1 is 1.38 bits per heavy atom. The number of nitrogens with zero attached hydrogens (tertiary/aromatic N) is 1. The largest absolute Gasteiger partial charge is 0.481 e. The number of carboxylic acids is 1. The Labute approximate surface area is 97.7 Å². The highest BCUT2D eigenvalue weighted by Crippen LogP contribution is 2.11. The summed E-state index contributed by atoms with van der Waals surface area (Å²) >= 11 is 0. The van der Waals surface area contributed by atoms with Crippen LogP contribution in [0.2, 0.25) is 0 Å².